The van der Waals surface area contributed by atoms with E-state index in [4.69, 9.17) is 4.99 Å². The highest BCUT2D eigenvalue weighted by molar-refractivity contribution is 5.80. The Balaban J connectivity index is 1.45. The summed E-state index contributed by atoms with van der Waals surface area (Å²) in [5.74, 6) is 3.29. The summed E-state index contributed by atoms with van der Waals surface area (Å²) in [7, 11) is 0. The van der Waals surface area contributed by atoms with E-state index in [1.807, 2.05) is 0 Å². The number of aryl methyl sites for hydroxylation is 2. The molecule has 1 fully saturated rings. The fourth-order valence-corrected chi connectivity index (χ4v) is 4.23. The highest BCUT2D eigenvalue weighted by Gasteiger charge is 2.21. The van der Waals surface area contributed by atoms with E-state index in [2.05, 4.69) is 51.1 Å². The van der Waals surface area contributed by atoms with E-state index in [1.165, 1.54) is 51.0 Å². The molecule has 0 radical (unpaired) electrons. The molecular weight excluding hydrogens is 350 g/mol. The van der Waals surface area contributed by atoms with E-state index in [0.717, 1.165) is 50.7 Å². The Labute approximate surface area is 170 Å². The van der Waals surface area contributed by atoms with Crippen LogP contribution in [-0.2, 0) is 19.4 Å². The van der Waals surface area contributed by atoms with Crippen molar-refractivity contribution in [1.82, 2.24) is 30.3 Å². The third-order valence-electron chi connectivity index (χ3n) is 5.96. The number of nitrogens with zero attached hydrogens (tertiary/aromatic N) is 5. The van der Waals surface area contributed by atoms with Crippen LogP contribution in [0.1, 0.15) is 70.9 Å². The summed E-state index contributed by atoms with van der Waals surface area (Å²) >= 11 is 0. The second-order valence-corrected chi connectivity index (χ2v) is 8.41. The zero-order valence-corrected chi connectivity index (χ0v) is 18.1. The van der Waals surface area contributed by atoms with Gasteiger partial charge in [-0.05, 0) is 52.9 Å². The van der Waals surface area contributed by atoms with Crippen LogP contribution in [0.3, 0.4) is 0 Å². The Hall–Kier alpha value is -1.63. The van der Waals surface area contributed by atoms with Crippen LogP contribution in [-0.4, -0.2) is 63.9 Å². The molecule has 158 valence electrons. The van der Waals surface area contributed by atoms with E-state index in [9.17, 15) is 0 Å². The lowest BCUT2D eigenvalue weighted by Gasteiger charge is -2.35. The molecular formula is C21H39N7. The molecule has 3 heterocycles. The first-order valence-electron chi connectivity index (χ1n) is 11.4. The molecule has 2 aliphatic heterocycles. The van der Waals surface area contributed by atoms with E-state index < -0.39 is 0 Å². The van der Waals surface area contributed by atoms with Gasteiger partial charge in [0.05, 0.1) is 0 Å². The maximum Gasteiger partial charge on any atom is 0.191 e. The van der Waals surface area contributed by atoms with Crippen molar-refractivity contribution in [3.05, 3.63) is 11.6 Å². The van der Waals surface area contributed by atoms with E-state index in [0.29, 0.717) is 12.1 Å². The second-order valence-electron chi connectivity index (χ2n) is 8.41. The van der Waals surface area contributed by atoms with Crippen LogP contribution >= 0.6 is 0 Å². The van der Waals surface area contributed by atoms with Crippen molar-refractivity contribution in [3.63, 3.8) is 0 Å². The van der Waals surface area contributed by atoms with Crippen molar-refractivity contribution in [2.45, 2.75) is 90.8 Å². The second kappa shape index (κ2) is 10.8. The van der Waals surface area contributed by atoms with Gasteiger partial charge in [-0.1, -0.05) is 6.42 Å². The first-order chi connectivity index (χ1) is 13.7. The zero-order valence-electron chi connectivity index (χ0n) is 18.1. The molecule has 28 heavy (non-hydrogen) atoms. The molecule has 2 aliphatic rings. The van der Waals surface area contributed by atoms with Gasteiger partial charge in [0.15, 0.2) is 5.96 Å². The van der Waals surface area contributed by atoms with E-state index in [1.54, 1.807) is 0 Å². The van der Waals surface area contributed by atoms with Crippen molar-refractivity contribution in [3.8, 4) is 0 Å². The molecule has 2 N–H and O–H groups in total. The summed E-state index contributed by atoms with van der Waals surface area (Å²) in [5.41, 5.74) is 0. The molecule has 3 rings (SSSR count). The smallest absolute Gasteiger partial charge is 0.191 e. The van der Waals surface area contributed by atoms with E-state index in [-0.39, 0.29) is 0 Å². The summed E-state index contributed by atoms with van der Waals surface area (Å²) in [4.78, 5) is 7.37. The molecule has 7 heteroatoms. The summed E-state index contributed by atoms with van der Waals surface area (Å²) in [5, 5.41) is 15.9. The van der Waals surface area contributed by atoms with Gasteiger partial charge in [-0.3, -0.25) is 4.99 Å². The summed E-state index contributed by atoms with van der Waals surface area (Å²) in [6.45, 7) is 11.8. The maximum atomic E-state index is 4.82. The molecule has 0 unspecified atom stereocenters. The van der Waals surface area contributed by atoms with Crippen LogP contribution in [0, 0.1) is 0 Å². The molecule has 0 amide bonds. The standard InChI is InChI=1S/C21H39N7/c1-4-22-21(24-18-11-15-27(16-12-18)17(2)3)23-13-8-10-20-26-25-19-9-6-5-7-14-28(19)20/h17-18H,4-16H2,1-3H3,(H2,22,23,24). The van der Waals surface area contributed by atoms with Crippen molar-refractivity contribution < 1.29 is 0 Å². The molecule has 0 aliphatic carbocycles. The van der Waals surface area contributed by atoms with Crippen LogP contribution in [0.15, 0.2) is 4.99 Å². The molecule has 0 atom stereocenters. The monoisotopic (exact) mass is 389 g/mol. The minimum atomic E-state index is 0.528. The van der Waals surface area contributed by atoms with Gasteiger partial charge in [0, 0.05) is 57.6 Å². The van der Waals surface area contributed by atoms with Gasteiger partial charge in [-0.15, -0.1) is 10.2 Å². The zero-order chi connectivity index (χ0) is 19.8. The number of aliphatic imine (C=N–C) groups is 1. The Morgan fingerprint density at radius 1 is 1.14 bits per heavy atom. The number of rotatable bonds is 7. The lowest BCUT2D eigenvalue weighted by atomic mass is 10.0. The lowest BCUT2D eigenvalue weighted by molar-refractivity contribution is 0.167. The van der Waals surface area contributed by atoms with Gasteiger partial charge in [0.1, 0.15) is 11.6 Å². The largest absolute Gasteiger partial charge is 0.357 e. The Bertz CT molecular complexity index is 614. The number of guanidine groups is 1. The minimum absolute atomic E-state index is 0.528. The lowest BCUT2D eigenvalue weighted by Crippen LogP contribution is -2.49. The van der Waals surface area contributed by atoms with Crippen LogP contribution < -0.4 is 10.6 Å². The Kier molecular flexibility index (Phi) is 8.13. The van der Waals surface area contributed by atoms with Gasteiger partial charge in [-0.2, -0.15) is 0 Å². The SMILES string of the molecule is CCNC(=NCCCc1nnc2n1CCCCC2)NC1CCN(C(C)C)CC1. The van der Waals surface area contributed by atoms with E-state index >= 15 is 0 Å². The Morgan fingerprint density at radius 2 is 1.96 bits per heavy atom. The summed E-state index contributed by atoms with van der Waals surface area (Å²) in [6, 6.07) is 1.18. The molecule has 1 saturated heterocycles. The fraction of sp³-hybridized carbons (Fsp3) is 0.857. The van der Waals surface area contributed by atoms with Gasteiger partial charge in [0.25, 0.3) is 0 Å². The molecule has 7 nitrogen and oxygen atoms in total. The minimum Gasteiger partial charge on any atom is -0.357 e. The molecule has 0 spiro atoms. The third-order valence-corrected chi connectivity index (χ3v) is 5.96. The van der Waals surface area contributed by atoms with Gasteiger partial charge >= 0.3 is 0 Å². The number of aromatic nitrogens is 3. The Morgan fingerprint density at radius 3 is 2.71 bits per heavy atom. The predicted octanol–water partition coefficient (Wildman–Crippen LogP) is 2.37. The van der Waals surface area contributed by atoms with Crippen LogP contribution in [0.4, 0.5) is 0 Å². The van der Waals surface area contributed by atoms with Gasteiger partial charge in [0.2, 0.25) is 0 Å². The first-order valence-corrected chi connectivity index (χ1v) is 11.4. The molecule has 0 bridgehead atoms. The molecule has 1 aromatic heterocycles. The average molecular weight is 390 g/mol. The number of piperidine rings is 1. The number of fused-ring (bicyclic) bond motifs is 1. The van der Waals surface area contributed by atoms with Crippen molar-refractivity contribution >= 4 is 5.96 Å². The topological polar surface area (TPSA) is 70.4 Å². The fourth-order valence-electron chi connectivity index (χ4n) is 4.23. The summed E-state index contributed by atoms with van der Waals surface area (Å²) < 4.78 is 2.35. The van der Waals surface area contributed by atoms with Crippen LogP contribution in [0.5, 0.6) is 0 Å². The normalized spacial score (nSPS) is 19.5. The van der Waals surface area contributed by atoms with Crippen LogP contribution in [0.2, 0.25) is 0 Å². The maximum absolute atomic E-state index is 4.82. The number of likely N-dealkylation sites (tertiary alicyclic amines) is 1. The van der Waals surface area contributed by atoms with Crippen molar-refractivity contribution in [2.75, 3.05) is 26.2 Å². The number of nitrogens with one attached hydrogen (secondary N) is 2. The molecule has 0 saturated carbocycles. The number of hydrogen-bond donors (Lipinski definition) is 2. The number of hydrogen-bond acceptors (Lipinski definition) is 4. The van der Waals surface area contributed by atoms with Gasteiger partial charge < -0.3 is 20.1 Å². The highest BCUT2D eigenvalue weighted by Crippen LogP contribution is 2.15. The summed E-state index contributed by atoms with van der Waals surface area (Å²) in [6.07, 6.45) is 9.23. The highest BCUT2D eigenvalue weighted by atomic mass is 15.3. The van der Waals surface area contributed by atoms with Crippen LogP contribution in [0.25, 0.3) is 0 Å². The van der Waals surface area contributed by atoms with Gasteiger partial charge in [-0.25, -0.2) is 0 Å². The predicted molar refractivity (Wildman–Crippen MR) is 115 cm³/mol. The quantitative estimate of drug-likeness (QED) is 0.426. The third kappa shape index (κ3) is 5.93. The molecule has 1 aromatic rings. The van der Waals surface area contributed by atoms with Crippen molar-refractivity contribution in [1.29, 1.82) is 0 Å². The molecule has 0 aromatic carbocycles. The van der Waals surface area contributed by atoms with Crippen molar-refractivity contribution in [2.24, 2.45) is 4.99 Å². The average Bonchev–Trinajstić information content (AvgIpc) is 2.92. The first kappa shape index (κ1) is 21.1.